The number of nitrogens with zero attached hydrogens (tertiary/aromatic N) is 4. The Labute approximate surface area is 118 Å². The number of likely N-dealkylation sites (N-methyl/N-ethyl adjacent to an activating group) is 1. The highest BCUT2D eigenvalue weighted by Crippen LogP contribution is 2.25. The summed E-state index contributed by atoms with van der Waals surface area (Å²) in [5.74, 6) is -0.313. The molecule has 0 aliphatic carbocycles. The van der Waals surface area contributed by atoms with Crippen LogP contribution in [0.1, 0.15) is 31.3 Å². The molecule has 110 valence electrons. The molecule has 0 aromatic carbocycles. The van der Waals surface area contributed by atoms with E-state index in [1.165, 1.54) is 6.20 Å². The zero-order chi connectivity index (χ0) is 15.1. The van der Waals surface area contributed by atoms with Crippen molar-refractivity contribution in [3.8, 4) is 0 Å². The lowest BCUT2D eigenvalue weighted by molar-refractivity contribution is -0.144. The Bertz CT molecular complexity index is 549. The van der Waals surface area contributed by atoms with Gasteiger partial charge in [-0.1, -0.05) is 0 Å². The molecular formula is C13H21N5O2. The van der Waals surface area contributed by atoms with E-state index in [0.29, 0.717) is 31.0 Å². The van der Waals surface area contributed by atoms with Crippen LogP contribution in [-0.4, -0.2) is 57.1 Å². The van der Waals surface area contributed by atoms with Crippen molar-refractivity contribution in [1.29, 1.82) is 0 Å². The second-order valence-corrected chi connectivity index (χ2v) is 5.51. The van der Waals surface area contributed by atoms with Crippen molar-refractivity contribution >= 4 is 17.5 Å². The van der Waals surface area contributed by atoms with Crippen LogP contribution in [0.5, 0.6) is 0 Å². The Morgan fingerprint density at radius 3 is 2.70 bits per heavy atom. The molecule has 20 heavy (non-hydrogen) atoms. The van der Waals surface area contributed by atoms with Gasteiger partial charge in [0.1, 0.15) is 11.2 Å². The van der Waals surface area contributed by atoms with Gasteiger partial charge in [-0.25, -0.2) is 0 Å². The van der Waals surface area contributed by atoms with E-state index in [2.05, 4.69) is 5.10 Å². The van der Waals surface area contributed by atoms with Crippen molar-refractivity contribution in [2.45, 2.75) is 32.9 Å². The summed E-state index contributed by atoms with van der Waals surface area (Å²) in [5, 5.41) is 4.08. The molecule has 0 saturated carbocycles. The summed E-state index contributed by atoms with van der Waals surface area (Å²) >= 11 is 0. The van der Waals surface area contributed by atoms with Crippen LogP contribution < -0.4 is 5.73 Å². The maximum Gasteiger partial charge on any atom is 0.275 e. The molecule has 0 bridgehead atoms. The van der Waals surface area contributed by atoms with E-state index in [4.69, 9.17) is 5.73 Å². The molecule has 2 N–H and O–H groups in total. The molecule has 0 radical (unpaired) electrons. The summed E-state index contributed by atoms with van der Waals surface area (Å²) in [6.45, 7) is 6.97. The normalized spacial score (nSPS) is 18.5. The fourth-order valence-corrected chi connectivity index (χ4v) is 2.57. The van der Waals surface area contributed by atoms with Gasteiger partial charge in [0.05, 0.1) is 11.9 Å². The van der Waals surface area contributed by atoms with Gasteiger partial charge >= 0.3 is 0 Å². The van der Waals surface area contributed by atoms with Gasteiger partial charge in [-0.05, 0) is 20.8 Å². The predicted octanol–water partition coefficient (Wildman–Crippen LogP) is 0.178. The van der Waals surface area contributed by atoms with Gasteiger partial charge in [-0.15, -0.1) is 0 Å². The van der Waals surface area contributed by atoms with Crippen LogP contribution in [-0.2, 0) is 11.3 Å². The van der Waals surface area contributed by atoms with Crippen LogP contribution in [0.15, 0.2) is 6.20 Å². The number of aromatic nitrogens is 2. The third kappa shape index (κ3) is 2.03. The summed E-state index contributed by atoms with van der Waals surface area (Å²) in [6, 6.07) is 0. The van der Waals surface area contributed by atoms with Crippen LogP contribution >= 0.6 is 0 Å². The standard InChI is InChI=1S/C13H21N5O2/c1-5-18-10(9(14)8-15-18)11(19)17-7-6-16(4)12(20)13(17,2)3/h8H,5-7,14H2,1-4H3. The van der Waals surface area contributed by atoms with Crippen LogP contribution in [0.2, 0.25) is 0 Å². The van der Waals surface area contributed by atoms with Gasteiger partial charge in [0, 0.05) is 26.7 Å². The molecule has 7 heteroatoms. The quantitative estimate of drug-likeness (QED) is 0.837. The van der Waals surface area contributed by atoms with Crippen LogP contribution in [0, 0.1) is 0 Å². The van der Waals surface area contributed by atoms with E-state index < -0.39 is 5.54 Å². The smallest absolute Gasteiger partial charge is 0.275 e. The number of hydrogen-bond donors (Lipinski definition) is 1. The fraction of sp³-hybridized carbons (Fsp3) is 0.615. The number of carbonyl (C=O) groups is 2. The minimum absolute atomic E-state index is 0.0711. The number of nitrogens with two attached hydrogens (primary N) is 1. The van der Waals surface area contributed by atoms with Gasteiger partial charge in [0.15, 0.2) is 0 Å². The first kappa shape index (κ1) is 14.4. The molecule has 1 saturated heterocycles. The maximum atomic E-state index is 12.7. The summed E-state index contributed by atoms with van der Waals surface area (Å²) in [6.07, 6.45) is 1.47. The highest BCUT2D eigenvalue weighted by molar-refractivity contribution is 6.01. The molecule has 0 spiro atoms. The summed E-state index contributed by atoms with van der Waals surface area (Å²) in [5.41, 5.74) is 5.68. The highest BCUT2D eigenvalue weighted by atomic mass is 16.2. The van der Waals surface area contributed by atoms with Gasteiger partial charge < -0.3 is 15.5 Å². The molecule has 2 amide bonds. The third-order valence-electron chi connectivity index (χ3n) is 3.82. The van der Waals surface area contributed by atoms with Crippen LogP contribution in [0.3, 0.4) is 0 Å². The molecule has 2 rings (SSSR count). The second kappa shape index (κ2) is 4.81. The first-order valence-electron chi connectivity index (χ1n) is 6.69. The lowest BCUT2D eigenvalue weighted by Crippen LogP contribution is -2.63. The molecule has 1 aromatic heterocycles. The Kier molecular flexibility index (Phi) is 3.45. The van der Waals surface area contributed by atoms with E-state index in [1.807, 2.05) is 6.92 Å². The molecule has 2 heterocycles. The number of carbonyl (C=O) groups excluding carboxylic acids is 2. The van der Waals surface area contributed by atoms with Crippen molar-refractivity contribution in [2.24, 2.45) is 0 Å². The lowest BCUT2D eigenvalue weighted by atomic mass is 9.97. The summed E-state index contributed by atoms with van der Waals surface area (Å²) < 4.78 is 1.57. The summed E-state index contributed by atoms with van der Waals surface area (Å²) in [7, 11) is 1.75. The topological polar surface area (TPSA) is 84.5 Å². The molecule has 7 nitrogen and oxygen atoms in total. The predicted molar refractivity (Wildman–Crippen MR) is 75.1 cm³/mol. The maximum absolute atomic E-state index is 12.7. The van der Waals surface area contributed by atoms with E-state index in [1.54, 1.807) is 35.4 Å². The second-order valence-electron chi connectivity index (χ2n) is 5.51. The number of anilines is 1. The monoisotopic (exact) mass is 279 g/mol. The molecule has 1 aliphatic heterocycles. The number of hydrogen-bond acceptors (Lipinski definition) is 4. The zero-order valence-corrected chi connectivity index (χ0v) is 12.4. The van der Waals surface area contributed by atoms with Gasteiger partial charge in [-0.2, -0.15) is 5.10 Å². The molecule has 0 atom stereocenters. The number of amides is 2. The summed E-state index contributed by atoms with van der Waals surface area (Å²) in [4.78, 5) is 28.2. The number of rotatable bonds is 2. The van der Waals surface area contributed by atoms with E-state index in [0.717, 1.165) is 0 Å². The van der Waals surface area contributed by atoms with Gasteiger partial charge in [0.2, 0.25) is 5.91 Å². The van der Waals surface area contributed by atoms with Crippen molar-refractivity contribution in [3.63, 3.8) is 0 Å². The van der Waals surface area contributed by atoms with Gasteiger partial charge in [0.25, 0.3) is 5.91 Å². The number of piperazine rings is 1. The first-order chi connectivity index (χ1) is 9.30. The average molecular weight is 279 g/mol. The van der Waals surface area contributed by atoms with Gasteiger partial charge in [-0.3, -0.25) is 14.3 Å². The minimum atomic E-state index is -0.876. The van der Waals surface area contributed by atoms with Crippen LogP contribution in [0.25, 0.3) is 0 Å². The van der Waals surface area contributed by atoms with Crippen LogP contribution in [0.4, 0.5) is 5.69 Å². The van der Waals surface area contributed by atoms with Crippen molar-refractivity contribution in [1.82, 2.24) is 19.6 Å². The SMILES string of the molecule is CCn1ncc(N)c1C(=O)N1CCN(C)C(=O)C1(C)C. The van der Waals surface area contributed by atoms with E-state index >= 15 is 0 Å². The van der Waals surface area contributed by atoms with Crippen molar-refractivity contribution < 1.29 is 9.59 Å². The van der Waals surface area contributed by atoms with Crippen molar-refractivity contribution in [2.75, 3.05) is 25.9 Å². The molecule has 1 fully saturated rings. The Morgan fingerprint density at radius 1 is 1.45 bits per heavy atom. The molecule has 0 unspecified atom stereocenters. The Morgan fingerprint density at radius 2 is 2.10 bits per heavy atom. The average Bonchev–Trinajstić information content (AvgIpc) is 2.76. The third-order valence-corrected chi connectivity index (χ3v) is 3.82. The lowest BCUT2D eigenvalue weighted by Gasteiger charge is -2.44. The molecule has 1 aliphatic rings. The zero-order valence-electron chi connectivity index (χ0n) is 12.4. The van der Waals surface area contributed by atoms with Crippen molar-refractivity contribution in [3.05, 3.63) is 11.9 Å². The Balaban J connectivity index is 2.38. The fourth-order valence-electron chi connectivity index (χ4n) is 2.57. The molecule has 1 aromatic rings. The Hall–Kier alpha value is -2.05. The van der Waals surface area contributed by atoms with E-state index in [9.17, 15) is 9.59 Å². The highest BCUT2D eigenvalue weighted by Gasteiger charge is 2.44. The number of aryl methyl sites for hydroxylation is 1. The minimum Gasteiger partial charge on any atom is -0.396 e. The first-order valence-corrected chi connectivity index (χ1v) is 6.69. The largest absolute Gasteiger partial charge is 0.396 e. The molecular weight excluding hydrogens is 258 g/mol. The van der Waals surface area contributed by atoms with E-state index in [-0.39, 0.29) is 11.8 Å². The number of nitrogen functional groups attached to an aromatic ring is 1.